The molecule has 4 nitrogen and oxygen atoms in total. The summed E-state index contributed by atoms with van der Waals surface area (Å²) in [5, 5.41) is 4.45. The molecule has 2 unspecified atom stereocenters. The highest BCUT2D eigenvalue weighted by atomic mass is 16.1. The van der Waals surface area contributed by atoms with Gasteiger partial charge in [-0.25, -0.2) is 0 Å². The van der Waals surface area contributed by atoms with Crippen LogP contribution in [0.15, 0.2) is 24.3 Å². The second-order valence-electron chi connectivity index (χ2n) is 6.91. The lowest BCUT2D eigenvalue weighted by Gasteiger charge is -2.40. The number of nitrogens with one attached hydrogen (secondary N) is 1. The summed E-state index contributed by atoms with van der Waals surface area (Å²) in [6.07, 6.45) is 3.32. The molecule has 0 saturated carbocycles. The van der Waals surface area contributed by atoms with Crippen LogP contribution in [0.3, 0.4) is 0 Å². The summed E-state index contributed by atoms with van der Waals surface area (Å²) in [5.74, 6) is 0.0314. The number of carbonyl (C=O) groups is 1. The van der Waals surface area contributed by atoms with Gasteiger partial charge in [-0.2, -0.15) is 0 Å². The minimum Gasteiger partial charge on any atom is -0.349 e. The van der Waals surface area contributed by atoms with Gasteiger partial charge < -0.3 is 9.88 Å². The van der Waals surface area contributed by atoms with Gasteiger partial charge in [0.25, 0.3) is 0 Å². The maximum atomic E-state index is 11.5. The zero-order chi connectivity index (χ0) is 16.3. The van der Waals surface area contributed by atoms with Gasteiger partial charge in [-0.1, -0.05) is 18.2 Å². The molecule has 1 aliphatic heterocycles. The molecule has 2 atom stereocenters. The highest BCUT2D eigenvalue weighted by molar-refractivity contribution is 5.99. The molecule has 120 valence electrons. The van der Waals surface area contributed by atoms with Crippen LogP contribution in [0.1, 0.15) is 23.7 Å². The lowest BCUT2D eigenvalue weighted by atomic mass is 9.80. The second kappa shape index (κ2) is 4.96. The molecule has 1 aromatic heterocycles. The van der Waals surface area contributed by atoms with Gasteiger partial charge in [0.15, 0.2) is 0 Å². The van der Waals surface area contributed by atoms with E-state index in [0.29, 0.717) is 6.04 Å². The number of fused-ring (bicyclic) bond motifs is 2. The smallest absolute Gasteiger partial charge is 0.217 e. The largest absolute Gasteiger partial charge is 0.349 e. The van der Waals surface area contributed by atoms with E-state index >= 15 is 0 Å². The van der Waals surface area contributed by atoms with Gasteiger partial charge in [0.1, 0.15) is 0 Å². The minimum absolute atomic E-state index is 0.0314. The lowest BCUT2D eigenvalue weighted by molar-refractivity contribution is -0.119. The van der Waals surface area contributed by atoms with Gasteiger partial charge in [-0.05, 0) is 43.2 Å². The van der Waals surface area contributed by atoms with Gasteiger partial charge in [0, 0.05) is 43.2 Å². The van der Waals surface area contributed by atoms with E-state index < -0.39 is 0 Å². The Morgan fingerprint density at radius 1 is 1.30 bits per heavy atom. The van der Waals surface area contributed by atoms with E-state index in [4.69, 9.17) is 0 Å². The number of aryl methyl sites for hydroxylation is 1. The van der Waals surface area contributed by atoms with E-state index in [-0.39, 0.29) is 11.9 Å². The number of amides is 1. The van der Waals surface area contributed by atoms with Gasteiger partial charge in [-0.3, -0.25) is 9.69 Å². The van der Waals surface area contributed by atoms with Crippen molar-refractivity contribution in [2.24, 2.45) is 7.05 Å². The zero-order valence-corrected chi connectivity index (χ0v) is 14.2. The summed E-state index contributed by atoms with van der Waals surface area (Å²) in [6.45, 7) is 4.67. The Hall–Kier alpha value is -2.07. The van der Waals surface area contributed by atoms with Crippen LogP contribution in [0.4, 0.5) is 0 Å². The van der Waals surface area contributed by atoms with Gasteiger partial charge in [0.2, 0.25) is 5.91 Å². The molecule has 1 N–H and O–H groups in total. The van der Waals surface area contributed by atoms with Crippen LogP contribution in [0.2, 0.25) is 0 Å². The number of hydrogen-bond acceptors (Lipinski definition) is 2. The number of likely N-dealkylation sites (N-methyl/N-ethyl adjacent to an activating group) is 1. The van der Waals surface area contributed by atoms with Crippen LogP contribution in [0.5, 0.6) is 0 Å². The highest BCUT2D eigenvalue weighted by Crippen LogP contribution is 2.42. The number of rotatable bonds is 1. The molecule has 1 amide bonds. The SMILES string of the molecule is CC(=O)NC1C=C2c3cccc4c3c(c(C)n4C)CC2N(C)C1. The Morgan fingerprint density at radius 2 is 2.09 bits per heavy atom. The predicted molar refractivity (Wildman–Crippen MR) is 93.4 cm³/mol. The summed E-state index contributed by atoms with van der Waals surface area (Å²) in [4.78, 5) is 13.8. The van der Waals surface area contributed by atoms with Gasteiger partial charge in [-0.15, -0.1) is 0 Å². The topological polar surface area (TPSA) is 37.3 Å². The van der Waals surface area contributed by atoms with Crippen molar-refractivity contribution in [2.45, 2.75) is 32.4 Å². The van der Waals surface area contributed by atoms with E-state index in [1.54, 1.807) is 6.92 Å². The monoisotopic (exact) mass is 309 g/mol. The third-order valence-corrected chi connectivity index (χ3v) is 5.50. The van der Waals surface area contributed by atoms with Gasteiger partial charge in [0.05, 0.1) is 6.04 Å². The molecule has 1 aromatic carbocycles. The Kier molecular flexibility index (Phi) is 3.13. The molecule has 4 heteroatoms. The Morgan fingerprint density at radius 3 is 2.83 bits per heavy atom. The maximum absolute atomic E-state index is 11.5. The lowest BCUT2D eigenvalue weighted by Crippen LogP contribution is -2.49. The average molecular weight is 309 g/mol. The zero-order valence-electron chi connectivity index (χ0n) is 14.2. The van der Waals surface area contributed by atoms with E-state index in [1.807, 2.05) is 0 Å². The van der Waals surface area contributed by atoms with Gasteiger partial charge >= 0.3 is 0 Å². The molecule has 0 fully saturated rings. The van der Waals surface area contributed by atoms with Crippen molar-refractivity contribution >= 4 is 22.4 Å². The molecular formula is C19H23N3O. The first-order valence-corrected chi connectivity index (χ1v) is 8.23. The van der Waals surface area contributed by atoms with Crippen molar-refractivity contribution < 1.29 is 4.79 Å². The molecule has 4 rings (SSSR count). The first kappa shape index (κ1) is 14.5. The minimum atomic E-state index is 0.0314. The van der Waals surface area contributed by atoms with E-state index in [9.17, 15) is 4.79 Å². The quantitative estimate of drug-likeness (QED) is 0.877. The summed E-state index contributed by atoms with van der Waals surface area (Å²) in [7, 11) is 4.31. The van der Waals surface area contributed by atoms with Crippen LogP contribution in [-0.2, 0) is 18.3 Å². The predicted octanol–water partition coefficient (Wildman–Crippen LogP) is 2.24. The first-order chi connectivity index (χ1) is 11.0. The first-order valence-electron chi connectivity index (χ1n) is 8.23. The summed E-state index contributed by atoms with van der Waals surface area (Å²) >= 11 is 0. The van der Waals surface area contributed by atoms with Crippen LogP contribution < -0.4 is 5.32 Å². The molecule has 2 aromatic rings. The molecule has 1 aliphatic carbocycles. The fourth-order valence-electron chi connectivity index (χ4n) is 4.32. The normalized spacial score (nSPS) is 23.6. The molecule has 23 heavy (non-hydrogen) atoms. The number of hydrogen-bond donors (Lipinski definition) is 1. The number of carbonyl (C=O) groups excluding carboxylic acids is 1. The molecule has 2 heterocycles. The summed E-state index contributed by atoms with van der Waals surface area (Å²) in [5.41, 5.74) is 6.84. The fraction of sp³-hybridized carbons (Fsp3) is 0.421. The molecule has 0 spiro atoms. The number of nitrogens with zero attached hydrogens (tertiary/aromatic N) is 2. The van der Waals surface area contributed by atoms with Crippen LogP contribution in [-0.4, -0.2) is 41.1 Å². The van der Waals surface area contributed by atoms with E-state index in [2.05, 4.69) is 60.1 Å². The molecule has 0 saturated heterocycles. The standard InChI is InChI=1S/C19H23N3O/c1-11-15-9-18-16(8-13(10-21(18)3)20-12(2)23)14-6-5-7-17(19(14)15)22(11)4/h5-8,13,18H,9-10H2,1-4H3,(H,20,23). The summed E-state index contributed by atoms with van der Waals surface area (Å²) < 4.78 is 2.30. The van der Waals surface area contributed by atoms with E-state index in [1.165, 1.54) is 33.3 Å². The van der Waals surface area contributed by atoms with Crippen molar-refractivity contribution in [2.75, 3.05) is 13.6 Å². The maximum Gasteiger partial charge on any atom is 0.217 e. The molecule has 0 bridgehead atoms. The molecular weight excluding hydrogens is 286 g/mol. The fourth-order valence-corrected chi connectivity index (χ4v) is 4.32. The van der Waals surface area contributed by atoms with Crippen molar-refractivity contribution in [3.8, 4) is 0 Å². The third kappa shape index (κ3) is 2.05. The van der Waals surface area contributed by atoms with Crippen molar-refractivity contribution in [1.82, 2.24) is 14.8 Å². The third-order valence-electron chi connectivity index (χ3n) is 5.50. The van der Waals surface area contributed by atoms with Crippen LogP contribution in [0.25, 0.3) is 16.5 Å². The highest BCUT2D eigenvalue weighted by Gasteiger charge is 2.35. The van der Waals surface area contributed by atoms with Crippen LogP contribution in [0, 0.1) is 6.92 Å². The van der Waals surface area contributed by atoms with Crippen molar-refractivity contribution in [1.29, 1.82) is 0 Å². The Bertz CT molecular complexity index is 846. The number of aromatic nitrogens is 1. The molecule has 2 aliphatic rings. The Labute approximate surface area is 136 Å². The number of benzene rings is 1. The summed E-state index contributed by atoms with van der Waals surface area (Å²) in [6, 6.07) is 7.07. The molecule has 0 radical (unpaired) electrons. The van der Waals surface area contributed by atoms with E-state index in [0.717, 1.165) is 13.0 Å². The van der Waals surface area contributed by atoms with Crippen LogP contribution >= 0.6 is 0 Å². The second-order valence-corrected chi connectivity index (χ2v) is 6.91. The van der Waals surface area contributed by atoms with Crippen molar-refractivity contribution in [3.05, 3.63) is 41.1 Å². The van der Waals surface area contributed by atoms with Crippen molar-refractivity contribution in [3.63, 3.8) is 0 Å². The average Bonchev–Trinajstić information content (AvgIpc) is 2.74. The Balaban J connectivity index is 1.93.